The molecule has 0 aliphatic carbocycles. The summed E-state index contributed by atoms with van der Waals surface area (Å²) in [6.07, 6.45) is -1.20. The van der Waals surface area contributed by atoms with Gasteiger partial charge in [-0.3, -0.25) is 53.1 Å². The van der Waals surface area contributed by atoms with Crippen molar-refractivity contribution in [3.05, 3.63) is 152 Å². The van der Waals surface area contributed by atoms with E-state index in [9.17, 15) is 50.7 Å². The van der Waals surface area contributed by atoms with Gasteiger partial charge in [0.2, 0.25) is 53.3 Å². The van der Waals surface area contributed by atoms with Crippen LogP contribution in [0, 0.1) is 41.5 Å². The van der Waals surface area contributed by atoms with Crippen LogP contribution in [0.4, 0.5) is 0 Å². The molecule has 122 heavy (non-hydrogen) atoms. The van der Waals surface area contributed by atoms with Gasteiger partial charge < -0.3 is 72.7 Å². The average Bonchev–Trinajstić information content (AvgIpc) is 1.14. The van der Waals surface area contributed by atoms with Gasteiger partial charge in [0.05, 0.1) is 9.79 Å². The number of carboxylic acids is 1. The fraction of sp³-hybridized carbons (Fsp3) is 0.517. The second kappa shape index (κ2) is 41.8. The summed E-state index contributed by atoms with van der Waals surface area (Å²) in [7, 11) is -8.78. The lowest BCUT2D eigenvalue weighted by Crippen LogP contribution is -2.59. The highest BCUT2D eigenvalue weighted by atomic mass is 32.2. The number of sulfonamides is 2. The predicted molar refractivity (Wildman–Crippen MR) is 465 cm³/mol. The van der Waals surface area contributed by atoms with Crippen molar-refractivity contribution in [3.63, 3.8) is 0 Å². The average molecular weight is 1750 g/mol. The summed E-state index contributed by atoms with van der Waals surface area (Å²) in [6, 6.07) is 17.3. The normalized spacial score (nSPS) is 15.3. The van der Waals surface area contributed by atoms with Gasteiger partial charge in [0, 0.05) is 63.2 Å². The molecule has 0 saturated heterocycles. The van der Waals surface area contributed by atoms with Crippen molar-refractivity contribution >= 4 is 103 Å². The molecule has 0 radical (unpaired) electrons. The number of amides is 7. The summed E-state index contributed by atoms with van der Waals surface area (Å²) in [4.78, 5) is 151. The molecule has 0 spiro atoms. The summed E-state index contributed by atoms with van der Waals surface area (Å²) in [5.74, 6) is -9.21. The van der Waals surface area contributed by atoms with Gasteiger partial charge in [0.25, 0.3) is 20.0 Å². The molecule has 14 N–H and O–H groups in total. The van der Waals surface area contributed by atoms with Crippen LogP contribution in [0.1, 0.15) is 208 Å². The molecule has 0 unspecified atom stereocenters. The number of guanidine groups is 2. The largest absolute Gasteiger partial charge is 0.487 e. The van der Waals surface area contributed by atoms with E-state index in [2.05, 4.69) is 56.6 Å². The Labute approximate surface area is 719 Å². The Morgan fingerprint density at radius 2 is 0.795 bits per heavy atom. The summed E-state index contributed by atoms with van der Waals surface area (Å²) >= 11 is 1.27. The van der Waals surface area contributed by atoms with Gasteiger partial charge in [-0.15, -0.1) is 0 Å². The number of aliphatic carboxylic acids is 1. The number of hydrogen-bond donors (Lipinski definition) is 12. The molecule has 32 nitrogen and oxygen atoms in total. The summed E-state index contributed by atoms with van der Waals surface area (Å²) in [5, 5.41) is 29.6. The van der Waals surface area contributed by atoms with Crippen molar-refractivity contribution in [2.75, 3.05) is 25.1 Å². The molecular weight excluding hydrogens is 1630 g/mol. The van der Waals surface area contributed by atoms with Crippen LogP contribution in [0.15, 0.2) is 111 Å². The number of ether oxygens (including phenoxy) is 4. The number of nitrogens with two attached hydrogens (primary N) is 2. The Morgan fingerprint density at radius 3 is 1.13 bits per heavy atom. The van der Waals surface area contributed by atoms with Crippen molar-refractivity contribution in [1.82, 2.24) is 46.7 Å². The fourth-order valence-electron chi connectivity index (χ4n) is 14.8. The SMILES string of the molecule is CSCC[C@H](NC(=O)[C@H](CCC(=O)OC(C)(C)C)NC(=O)[C@H](CCC(=O)OC(C)(C)C)NC(C)=O)C(=O)N[C@@H](CCC(=O)NC(c1ccccc1)(c1ccccc1)c1ccccc1)C(=O)N[C@@H](CCCN=C(N)NS(=O)(=O)c1c(C)c(C)c2c(c1C)CC(C)(C)O2)C(=O)N[C@@H](CCCN=C(N)NS(=O)(=O)c1c(C)c(C)c2c(c1C)CC(C)(C)O2)C(=O)O. The van der Waals surface area contributed by atoms with Gasteiger partial charge in [0.1, 0.15) is 75.7 Å². The first-order valence-corrected chi connectivity index (χ1v) is 45.0. The molecule has 666 valence electrons. The first-order valence-electron chi connectivity index (χ1n) is 40.6. The van der Waals surface area contributed by atoms with Gasteiger partial charge in [-0.05, 0) is 224 Å². The molecule has 2 heterocycles. The zero-order chi connectivity index (χ0) is 90.8. The van der Waals surface area contributed by atoms with Gasteiger partial charge >= 0.3 is 17.9 Å². The highest BCUT2D eigenvalue weighted by molar-refractivity contribution is 7.98. The monoisotopic (exact) mass is 1750 g/mol. The quantitative estimate of drug-likeness (QED) is 0.00601. The Hall–Kier alpha value is -10.8. The molecule has 7 amide bonds. The Bertz CT molecular complexity index is 4880. The molecular formula is C87H121N13O19S3. The molecule has 35 heteroatoms. The lowest BCUT2D eigenvalue weighted by molar-refractivity contribution is -0.156. The number of carbonyl (C=O) groups excluding carboxylic acids is 9. The van der Waals surface area contributed by atoms with Crippen molar-refractivity contribution < 1.29 is 88.8 Å². The van der Waals surface area contributed by atoms with Crippen LogP contribution in [-0.2, 0) is 95.8 Å². The van der Waals surface area contributed by atoms with Crippen LogP contribution in [-0.4, -0.2) is 177 Å². The van der Waals surface area contributed by atoms with Crippen LogP contribution < -0.4 is 67.6 Å². The van der Waals surface area contributed by atoms with Crippen molar-refractivity contribution in [2.24, 2.45) is 21.5 Å². The molecule has 0 saturated carbocycles. The first-order chi connectivity index (χ1) is 56.9. The minimum absolute atomic E-state index is 0.00481. The standard InChI is InChI=1S/C87H121N13O19S3/c1-50-52(3)73(54(5)60-48-85(14,15)118-71(50)60)121(112,113)99-81(88)90-45-28-36-62(75(105)97-67(80(110)111)37-29-46-91-82(89)100-122(114,115)74-53(4)51(2)72-61(55(74)6)49-86(16,17)119-72)93-77(107)64(38-41-68(102)98-87(57-30-22-19-23-31-57,58-32-24-20-25-33-58)59-34-26-21-27-35-59)94-79(109)66(44-47-120-18)96-78(108)65(40-43-70(104)117-84(11,12)13)95-76(106)63(92-56(7)101)39-42-69(103)116-83(8,9)10/h19-27,30-35,62-67H,28-29,36-49H2,1-18H3,(H,92,101)(H,93,107)(H,94,109)(H,95,106)(H,96,108)(H,97,105)(H,98,102)(H,110,111)(H3,88,90,99)(H3,89,91,100)/t62-,63-,64-,65-,66-,67-/m0/s1. The minimum Gasteiger partial charge on any atom is -0.487 e. The summed E-state index contributed by atoms with van der Waals surface area (Å²) in [6.45, 7) is 28.1. The van der Waals surface area contributed by atoms with Crippen LogP contribution in [0.3, 0.4) is 0 Å². The predicted octanol–water partition coefficient (Wildman–Crippen LogP) is 7.31. The molecule has 5 aromatic carbocycles. The maximum Gasteiger partial charge on any atom is 0.326 e. The molecule has 6 atom stereocenters. The third-order valence-corrected chi connectivity index (χ3v) is 24.5. The highest BCUT2D eigenvalue weighted by Gasteiger charge is 2.43. The molecule has 0 aromatic heterocycles. The van der Waals surface area contributed by atoms with Crippen LogP contribution in [0.2, 0.25) is 0 Å². The van der Waals surface area contributed by atoms with Gasteiger partial charge in [-0.2, -0.15) is 11.8 Å². The van der Waals surface area contributed by atoms with Crippen LogP contribution >= 0.6 is 11.8 Å². The van der Waals surface area contributed by atoms with E-state index in [-0.39, 0.29) is 73.6 Å². The lowest BCUT2D eigenvalue weighted by atomic mass is 9.77. The van der Waals surface area contributed by atoms with Crippen LogP contribution in [0.5, 0.6) is 11.5 Å². The highest BCUT2D eigenvalue weighted by Crippen LogP contribution is 2.46. The number of carbonyl (C=O) groups is 10. The first kappa shape index (κ1) is 98.3. The van der Waals surface area contributed by atoms with Crippen molar-refractivity contribution in [2.45, 2.75) is 275 Å². The van der Waals surface area contributed by atoms with Crippen molar-refractivity contribution in [3.8, 4) is 11.5 Å². The fourth-order valence-corrected chi connectivity index (χ4v) is 18.3. The second-order valence-corrected chi connectivity index (χ2v) is 38.2. The van der Waals surface area contributed by atoms with E-state index in [0.29, 0.717) is 80.0 Å². The molecule has 0 bridgehead atoms. The zero-order valence-electron chi connectivity index (χ0n) is 73.0. The van der Waals surface area contributed by atoms with Crippen molar-refractivity contribution in [1.29, 1.82) is 0 Å². The third kappa shape index (κ3) is 27.1. The maximum absolute atomic E-state index is 15.6. The van der Waals surface area contributed by atoms with Crippen LogP contribution in [0.25, 0.3) is 0 Å². The summed E-state index contributed by atoms with van der Waals surface area (Å²) < 4.78 is 84.8. The second-order valence-electron chi connectivity index (χ2n) is 34.0. The number of nitrogens with zero attached hydrogens (tertiary/aromatic N) is 2. The summed E-state index contributed by atoms with van der Waals surface area (Å²) in [5.41, 5.74) is 14.4. The number of fused-ring (bicyclic) bond motifs is 2. The van der Waals surface area contributed by atoms with E-state index in [1.165, 1.54) is 11.8 Å². The third-order valence-electron chi connectivity index (χ3n) is 20.6. The molecule has 2 aliphatic rings. The van der Waals surface area contributed by atoms with Gasteiger partial charge in [-0.1, -0.05) is 91.0 Å². The molecule has 2 aliphatic heterocycles. The Balaban J connectivity index is 1.24. The number of rotatable bonds is 40. The molecule has 0 fully saturated rings. The number of benzene rings is 5. The Kier molecular flexibility index (Phi) is 33.7. The Morgan fingerprint density at radius 1 is 0.475 bits per heavy atom. The smallest absolute Gasteiger partial charge is 0.326 e. The minimum atomic E-state index is -4.42. The number of aliphatic imine (C=N–C) groups is 2. The van der Waals surface area contributed by atoms with E-state index >= 15 is 19.2 Å². The number of esters is 2. The van der Waals surface area contributed by atoms with Gasteiger partial charge in [-0.25, -0.2) is 31.1 Å². The van der Waals surface area contributed by atoms with E-state index in [1.807, 2.05) is 82.3 Å². The van der Waals surface area contributed by atoms with E-state index in [0.717, 1.165) is 12.5 Å². The van der Waals surface area contributed by atoms with E-state index in [4.69, 9.17) is 30.4 Å². The lowest BCUT2D eigenvalue weighted by Gasteiger charge is -2.37. The maximum atomic E-state index is 15.6. The number of thioether (sulfide) groups is 1. The molecule has 5 aromatic rings. The zero-order valence-corrected chi connectivity index (χ0v) is 75.5. The van der Waals surface area contributed by atoms with E-state index in [1.54, 1.807) is 126 Å². The number of nitrogens with one attached hydrogen (secondary N) is 9. The molecule has 7 rings (SSSR count). The number of hydrogen-bond acceptors (Lipinski definition) is 21. The topological polar surface area (TPSA) is 481 Å². The van der Waals surface area contributed by atoms with E-state index < -0.39 is 181 Å². The van der Waals surface area contributed by atoms with Gasteiger partial charge in [0.15, 0.2) is 0 Å². The number of carboxylic acid groups (broad SMARTS) is 1.